The first kappa shape index (κ1) is 20.6. The van der Waals surface area contributed by atoms with Gasteiger partial charge >= 0.3 is 0 Å². The fourth-order valence-corrected chi connectivity index (χ4v) is 3.97. The predicted molar refractivity (Wildman–Crippen MR) is 121 cm³/mol. The van der Waals surface area contributed by atoms with Crippen LogP contribution >= 0.6 is 11.3 Å². The molecule has 4 aromatic rings. The lowest BCUT2D eigenvalue weighted by Gasteiger charge is -2.10. The molecular formula is C23H22N4O3S. The van der Waals surface area contributed by atoms with Crippen LogP contribution in [0.3, 0.4) is 0 Å². The number of benzene rings is 1. The van der Waals surface area contributed by atoms with Gasteiger partial charge in [0, 0.05) is 34.9 Å². The zero-order valence-corrected chi connectivity index (χ0v) is 18.2. The highest BCUT2D eigenvalue weighted by Gasteiger charge is 2.13. The normalized spacial score (nSPS) is 10.8. The number of nitrogens with one attached hydrogen (secondary N) is 2. The fraction of sp³-hybridized carbons (Fsp3) is 0.174. The molecule has 7 nitrogen and oxygen atoms in total. The average molecular weight is 435 g/mol. The first-order valence-electron chi connectivity index (χ1n) is 9.76. The van der Waals surface area contributed by atoms with Crippen molar-refractivity contribution in [3.05, 3.63) is 76.6 Å². The van der Waals surface area contributed by atoms with Crippen LogP contribution in [0.1, 0.15) is 34.4 Å². The summed E-state index contributed by atoms with van der Waals surface area (Å²) in [6.07, 6.45) is 0. The van der Waals surface area contributed by atoms with E-state index in [1.54, 1.807) is 24.3 Å². The summed E-state index contributed by atoms with van der Waals surface area (Å²) < 4.78 is 7.84. The third kappa shape index (κ3) is 4.59. The molecule has 2 amide bonds. The predicted octanol–water partition coefficient (Wildman–Crippen LogP) is 4.70. The molecule has 0 unspecified atom stereocenters. The van der Waals surface area contributed by atoms with E-state index in [4.69, 9.17) is 4.42 Å². The van der Waals surface area contributed by atoms with Crippen molar-refractivity contribution in [3.63, 3.8) is 0 Å². The minimum atomic E-state index is -0.223. The lowest BCUT2D eigenvalue weighted by atomic mass is 10.2. The van der Waals surface area contributed by atoms with E-state index in [1.807, 2.05) is 17.5 Å². The van der Waals surface area contributed by atoms with E-state index in [2.05, 4.69) is 46.2 Å². The monoisotopic (exact) mass is 434 g/mol. The summed E-state index contributed by atoms with van der Waals surface area (Å²) in [5.41, 5.74) is 4.48. The first-order chi connectivity index (χ1) is 14.9. The quantitative estimate of drug-likeness (QED) is 0.460. The van der Waals surface area contributed by atoms with Crippen molar-refractivity contribution in [3.8, 4) is 17.1 Å². The molecule has 0 aliphatic carbocycles. The molecule has 8 heteroatoms. The van der Waals surface area contributed by atoms with Crippen LogP contribution in [-0.4, -0.2) is 21.4 Å². The molecule has 4 rings (SSSR count). The van der Waals surface area contributed by atoms with Crippen LogP contribution in [0.5, 0.6) is 0 Å². The van der Waals surface area contributed by atoms with Gasteiger partial charge in [-0.15, -0.1) is 11.3 Å². The number of nitrogens with zero attached hydrogens (tertiary/aromatic N) is 2. The molecule has 0 radical (unpaired) electrons. The Morgan fingerprint density at radius 1 is 1.03 bits per heavy atom. The van der Waals surface area contributed by atoms with Crippen LogP contribution in [0.2, 0.25) is 0 Å². The van der Waals surface area contributed by atoms with Crippen LogP contribution in [-0.2, 0) is 11.3 Å². The van der Waals surface area contributed by atoms with Crippen molar-refractivity contribution < 1.29 is 14.0 Å². The van der Waals surface area contributed by atoms with Gasteiger partial charge < -0.3 is 14.3 Å². The summed E-state index contributed by atoms with van der Waals surface area (Å²) in [6.45, 7) is 5.88. The highest BCUT2D eigenvalue weighted by molar-refractivity contribution is 7.14. The number of carbonyl (C=O) groups excluding carboxylic acids is 2. The van der Waals surface area contributed by atoms with Crippen molar-refractivity contribution in [1.82, 2.24) is 14.9 Å². The van der Waals surface area contributed by atoms with Gasteiger partial charge in [0.2, 0.25) is 5.91 Å². The smallest absolute Gasteiger partial charge is 0.257 e. The molecule has 3 aromatic heterocycles. The zero-order valence-electron chi connectivity index (χ0n) is 17.4. The standard InChI is InChI=1S/C23H22N4O3S/c1-14-4-5-15(2)27(14)18-8-6-17(7-9-18)22(29)26-23-25-20(13-31-23)21-11-10-19(30-21)12-24-16(3)28/h4-11,13H,12H2,1-3H3,(H,24,28)(H,25,26,29). The summed E-state index contributed by atoms with van der Waals surface area (Å²) >= 11 is 1.32. The van der Waals surface area contributed by atoms with E-state index in [-0.39, 0.29) is 11.8 Å². The van der Waals surface area contributed by atoms with Gasteiger partial charge in [0.1, 0.15) is 11.5 Å². The number of amides is 2. The largest absolute Gasteiger partial charge is 0.458 e. The van der Waals surface area contributed by atoms with E-state index in [0.29, 0.717) is 34.5 Å². The maximum absolute atomic E-state index is 12.6. The summed E-state index contributed by atoms with van der Waals surface area (Å²) in [6, 6.07) is 15.2. The van der Waals surface area contributed by atoms with Gasteiger partial charge in [-0.1, -0.05) is 0 Å². The molecular weight excluding hydrogens is 412 g/mol. The maximum atomic E-state index is 12.6. The van der Waals surface area contributed by atoms with Gasteiger partial charge in [0.15, 0.2) is 10.9 Å². The van der Waals surface area contributed by atoms with E-state index in [1.165, 1.54) is 18.3 Å². The maximum Gasteiger partial charge on any atom is 0.257 e. The van der Waals surface area contributed by atoms with Gasteiger partial charge in [-0.25, -0.2) is 4.98 Å². The fourth-order valence-electron chi connectivity index (χ4n) is 3.27. The first-order valence-corrected chi connectivity index (χ1v) is 10.6. The second-order valence-electron chi connectivity index (χ2n) is 7.17. The van der Waals surface area contributed by atoms with E-state index in [0.717, 1.165) is 17.1 Å². The Morgan fingerprint density at radius 2 is 1.74 bits per heavy atom. The Balaban J connectivity index is 1.43. The summed E-state index contributed by atoms with van der Waals surface area (Å²) in [4.78, 5) is 28.1. The van der Waals surface area contributed by atoms with Crippen LogP contribution in [0.15, 0.2) is 58.3 Å². The molecule has 0 saturated carbocycles. The summed E-state index contributed by atoms with van der Waals surface area (Å²) in [5, 5.41) is 7.83. The number of hydrogen-bond donors (Lipinski definition) is 2. The number of aryl methyl sites for hydroxylation is 2. The molecule has 0 aliphatic heterocycles. The van der Waals surface area contributed by atoms with Crippen LogP contribution in [0.25, 0.3) is 17.1 Å². The summed E-state index contributed by atoms with van der Waals surface area (Å²) in [7, 11) is 0. The number of thiazole rings is 1. The number of hydrogen-bond acceptors (Lipinski definition) is 5. The minimum Gasteiger partial charge on any atom is -0.458 e. The number of aromatic nitrogens is 2. The second-order valence-corrected chi connectivity index (χ2v) is 8.02. The molecule has 0 aliphatic rings. The molecule has 31 heavy (non-hydrogen) atoms. The van der Waals surface area contributed by atoms with Crippen molar-refractivity contribution in [2.45, 2.75) is 27.3 Å². The summed E-state index contributed by atoms with van der Waals surface area (Å²) in [5.74, 6) is 0.874. The van der Waals surface area contributed by atoms with Gasteiger partial charge in [-0.2, -0.15) is 0 Å². The van der Waals surface area contributed by atoms with Crippen LogP contribution in [0, 0.1) is 13.8 Å². The molecule has 158 valence electrons. The Bertz CT molecular complexity index is 1210. The third-order valence-electron chi connectivity index (χ3n) is 4.81. The lowest BCUT2D eigenvalue weighted by Crippen LogP contribution is -2.18. The van der Waals surface area contributed by atoms with E-state index in [9.17, 15) is 9.59 Å². The van der Waals surface area contributed by atoms with Gasteiger partial charge in [0.05, 0.1) is 6.54 Å². The SMILES string of the molecule is CC(=O)NCc1ccc(-c2csc(NC(=O)c3ccc(-n4c(C)ccc4C)cc3)n2)o1. The molecule has 0 bridgehead atoms. The third-order valence-corrected chi connectivity index (χ3v) is 5.57. The van der Waals surface area contributed by atoms with Crippen molar-refractivity contribution in [2.75, 3.05) is 5.32 Å². The van der Waals surface area contributed by atoms with Crippen LogP contribution < -0.4 is 10.6 Å². The Kier molecular flexibility index (Phi) is 5.73. The number of anilines is 1. The number of carbonyl (C=O) groups is 2. The molecule has 0 saturated heterocycles. The van der Waals surface area contributed by atoms with Crippen molar-refractivity contribution in [1.29, 1.82) is 0 Å². The van der Waals surface area contributed by atoms with Crippen molar-refractivity contribution >= 4 is 28.3 Å². The second kappa shape index (κ2) is 8.61. The highest BCUT2D eigenvalue weighted by Crippen LogP contribution is 2.27. The van der Waals surface area contributed by atoms with Gasteiger partial charge in [-0.3, -0.25) is 14.9 Å². The Morgan fingerprint density at radius 3 is 2.42 bits per heavy atom. The Labute approximate surface area is 183 Å². The van der Waals surface area contributed by atoms with Gasteiger partial charge in [0.25, 0.3) is 5.91 Å². The molecule has 1 aromatic carbocycles. The lowest BCUT2D eigenvalue weighted by molar-refractivity contribution is -0.119. The van der Waals surface area contributed by atoms with E-state index < -0.39 is 0 Å². The van der Waals surface area contributed by atoms with Crippen LogP contribution in [0.4, 0.5) is 5.13 Å². The molecule has 0 spiro atoms. The zero-order chi connectivity index (χ0) is 22.0. The van der Waals surface area contributed by atoms with Gasteiger partial charge in [-0.05, 0) is 62.4 Å². The average Bonchev–Trinajstić information content (AvgIpc) is 3.47. The molecule has 2 N–H and O–H groups in total. The minimum absolute atomic E-state index is 0.122. The Hall–Kier alpha value is -3.65. The molecule has 0 atom stereocenters. The van der Waals surface area contributed by atoms with E-state index >= 15 is 0 Å². The molecule has 0 fully saturated rings. The van der Waals surface area contributed by atoms with Crippen molar-refractivity contribution in [2.24, 2.45) is 0 Å². The molecule has 3 heterocycles. The highest BCUT2D eigenvalue weighted by atomic mass is 32.1. The topological polar surface area (TPSA) is 89.2 Å². The number of rotatable bonds is 6. The number of furan rings is 1.